The average molecular weight is 286 g/mol. The number of fused-ring (bicyclic) bond motifs is 1. The van der Waals surface area contributed by atoms with Crippen molar-refractivity contribution < 1.29 is 14.3 Å². The molecule has 4 rings (SSSR count). The Morgan fingerprint density at radius 2 is 2.24 bits per heavy atom. The number of nitrogens with zero attached hydrogens (tertiary/aromatic N) is 3. The minimum atomic E-state index is -1.09. The number of halogens is 1. The number of carboxylic acid groups (broad SMARTS) is 1. The summed E-state index contributed by atoms with van der Waals surface area (Å²) in [7, 11) is 0. The molecule has 0 atom stereocenters. The fourth-order valence-electron chi connectivity index (χ4n) is 2.56. The van der Waals surface area contributed by atoms with Crippen LogP contribution in [0.4, 0.5) is 4.39 Å². The SMILES string of the molecule is O=C(O)c1[nH]cnc1-c1nc2ccc(F)cc2n1C1CC1. The minimum Gasteiger partial charge on any atom is -0.477 e. The Morgan fingerprint density at radius 1 is 1.43 bits per heavy atom. The monoisotopic (exact) mass is 286 g/mol. The number of H-pyrrole nitrogens is 1. The summed E-state index contributed by atoms with van der Waals surface area (Å²) >= 11 is 0. The number of carbonyl (C=O) groups is 1. The molecule has 2 N–H and O–H groups in total. The fourth-order valence-corrected chi connectivity index (χ4v) is 2.56. The lowest BCUT2D eigenvalue weighted by Gasteiger charge is -2.06. The van der Waals surface area contributed by atoms with E-state index in [2.05, 4.69) is 15.0 Å². The molecular formula is C14H11FN4O2. The summed E-state index contributed by atoms with van der Waals surface area (Å²) in [5.41, 5.74) is 1.59. The average Bonchev–Trinajstić information content (AvgIpc) is 3.03. The van der Waals surface area contributed by atoms with E-state index in [9.17, 15) is 14.3 Å². The molecule has 106 valence electrons. The minimum absolute atomic E-state index is 0.00678. The fraction of sp³-hybridized carbons (Fsp3) is 0.214. The van der Waals surface area contributed by atoms with E-state index >= 15 is 0 Å². The highest BCUT2D eigenvalue weighted by Gasteiger charge is 2.31. The summed E-state index contributed by atoms with van der Waals surface area (Å²) in [6, 6.07) is 4.60. The lowest BCUT2D eigenvalue weighted by molar-refractivity contribution is 0.0692. The second-order valence-electron chi connectivity index (χ2n) is 5.10. The Hall–Kier alpha value is -2.70. The lowest BCUT2D eigenvalue weighted by atomic mass is 10.3. The summed E-state index contributed by atoms with van der Waals surface area (Å²) in [6.07, 6.45) is 3.28. The van der Waals surface area contributed by atoms with Gasteiger partial charge in [0.05, 0.1) is 17.4 Å². The Kier molecular flexibility index (Phi) is 2.38. The first kappa shape index (κ1) is 12.1. The van der Waals surface area contributed by atoms with E-state index in [4.69, 9.17) is 0 Å². The van der Waals surface area contributed by atoms with Gasteiger partial charge >= 0.3 is 5.97 Å². The summed E-state index contributed by atoms with van der Waals surface area (Å²) in [5.74, 6) is -0.962. The van der Waals surface area contributed by atoms with Gasteiger partial charge in [-0.25, -0.2) is 19.2 Å². The van der Waals surface area contributed by atoms with E-state index in [1.54, 1.807) is 6.07 Å². The molecule has 1 aromatic carbocycles. The predicted molar refractivity (Wildman–Crippen MR) is 72.5 cm³/mol. The predicted octanol–water partition coefficient (Wildman–Crippen LogP) is 2.60. The molecule has 0 saturated heterocycles. The molecule has 6 nitrogen and oxygen atoms in total. The molecule has 1 aliphatic carbocycles. The molecule has 0 bridgehead atoms. The number of rotatable bonds is 3. The quantitative estimate of drug-likeness (QED) is 0.775. The zero-order chi connectivity index (χ0) is 14.6. The zero-order valence-corrected chi connectivity index (χ0v) is 10.9. The van der Waals surface area contributed by atoms with Crippen molar-refractivity contribution in [2.45, 2.75) is 18.9 Å². The molecule has 7 heteroatoms. The van der Waals surface area contributed by atoms with Gasteiger partial charge in [-0.2, -0.15) is 0 Å². The van der Waals surface area contributed by atoms with E-state index in [1.807, 2.05) is 4.57 Å². The van der Waals surface area contributed by atoms with Gasteiger partial charge in [0.1, 0.15) is 11.5 Å². The van der Waals surface area contributed by atoms with Crippen LogP contribution < -0.4 is 0 Å². The Balaban J connectivity index is 2.02. The number of benzene rings is 1. The first-order chi connectivity index (χ1) is 10.1. The molecule has 0 amide bonds. The van der Waals surface area contributed by atoms with Crippen LogP contribution in [0, 0.1) is 5.82 Å². The van der Waals surface area contributed by atoms with Gasteiger partial charge in [-0.15, -0.1) is 0 Å². The van der Waals surface area contributed by atoms with Crippen molar-refractivity contribution in [3.63, 3.8) is 0 Å². The van der Waals surface area contributed by atoms with Crippen LogP contribution in [-0.2, 0) is 0 Å². The number of nitrogens with one attached hydrogen (secondary N) is 1. The van der Waals surface area contributed by atoms with Crippen LogP contribution in [0.2, 0.25) is 0 Å². The molecule has 1 aliphatic rings. The summed E-state index contributed by atoms with van der Waals surface area (Å²) in [6.45, 7) is 0. The van der Waals surface area contributed by atoms with Crippen LogP contribution in [0.5, 0.6) is 0 Å². The molecule has 3 aromatic rings. The third-order valence-corrected chi connectivity index (χ3v) is 3.63. The van der Waals surface area contributed by atoms with E-state index in [0.29, 0.717) is 16.9 Å². The molecule has 0 spiro atoms. The van der Waals surface area contributed by atoms with Crippen molar-refractivity contribution in [1.82, 2.24) is 19.5 Å². The number of imidazole rings is 2. The van der Waals surface area contributed by atoms with Crippen LogP contribution >= 0.6 is 0 Å². The van der Waals surface area contributed by atoms with Crippen molar-refractivity contribution in [3.8, 4) is 11.5 Å². The van der Waals surface area contributed by atoms with E-state index < -0.39 is 5.97 Å². The van der Waals surface area contributed by atoms with Gasteiger partial charge in [0.2, 0.25) is 0 Å². The molecule has 2 aromatic heterocycles. The van der Waals surface area contributed by atoms with Gasteiger partial charge in [0.15, 0.2) is 11.5 Å². The summed E-state index contributed by atoms with van der Waals surface area (Å²) in [5, 5.41) is 9.21. The van der Waals surface area contributed by atoms with Crippen LogP contribution in [0.25, 0.3) is 22.6 Å². The molecule has 0 radical (unpaired) electrons. The highest BCUT2D eigenvalue weighted by molar-refractivity contribution is 5.93. The second kappa shape index (κ2) is 4.15. The maximum Gasteiger partial charge on any atom is 0.354 e. The van der Waals surface area contributed by atoms with E-state index in [1.165, 1.54) is 18.5 Å². The summed E-state index contributed by atoms with van der Waals surface area (Å²) in [4.78, 5) is 22.4. The van der Waals surface area contributed by atoms with Crippen molar-refractivity contribution in [1.29, 1.82) is 0 Å². The molecule has 0 unspecified atom stereocenters. The zero-order valence-electron chi connectivity index (χ0n) is 10.9. The Morgan fingerprint density at radius 3 is 2.95 bits per heavy atom. The number of carboxylic acids is 1. The van der Waals surface area contributed by atoms with E-state index in [0.717, 1.165) is 12.8 Å². The molecule has 1 saturated carbocycles. The number of hydrogen-bond donors (Lipinski definition) is 2. The molecular weight excluding hydrogens is 275 g/mol. The number of aromatic amines is 1. The Bertz CT molecular complexity index is 863. The van der Waals surface area contributed by atoms with Crippen molar-refractivity contribution in [2.24, 2.45) is 0 Å². The number of hydrogen-bond acceptors (Lipinski definition) is 3. The number of aromatic nitrogens is 4. The lowest BCUT2D eigenvalue weighted by Crippen LogP contribution is -2.04. The largest absolute Gasteiger partial charge is 0.477 e. The van der Waals surface area contributed by atoms with Gasteiger partial charge in [-0.05, 0) is 31.0 Å². The molecule has 0 aliphatic heterocycles. The highest BCUT2D eigenvalue weighted by atomic mass is 19.1. The summed E-state index contributed by atoms with van der Waals surface area (Å²) < 4.78 is 15.4. The van der Waals surface area contributed by atoms with E-state index in [-0.39, 0.29) is 23.2 Å². The topological polar surface area (TPSA) is 83.8 Å². The van der Waals surface area contributed by atoms with Crippen LogP contribution in [0.15, 0.2) is 24.5 Å². The number of aromatic carboxylic acids is 1. The Labute approximate surface area is 118 Å². The van der Waals surface area contributed by atoms with Crippen molar-refractivity contribution in [2.75, 3.05) is 0 Å². The van der Waals surface area contributed by atoms with Crippen molar-refractivity contribution >= 4 is 17.0 Å². The third-order valence-electron chi connectivity index (χ3n) is 3.63. The molecule has 21 heavy (non-hydrogen) atoms. The van der Waals surface area contributed by atoms with Gasteiger partial charge in [-0.3, -0.25) is 0 Å². The van der Waals surface area contributed by atoms with Crippen LogP contribution in [-0.4, -0.2) is 30.6 Å². The van der Waals surface area contributed by atoms with Crippen molar-refractivity contribution in [3.05, 3.63) is 36.0 Å². The standard InChI is InChI=1S/C14H11FN4O2/c15-7-1-4-9-10(5-7)19(8-2-3-8)13(18-9)11-12(14(20)21)17-6-16-11/h1,4-6,8H,2-3H2,(H,16,17)(H,20,21). The molecule has 2 heterocycles. The molecule has 1 fully saturated rings. The maximum atomic E-state index is 13.5. The smallest absolute Gasteiger partial charge is 0.354 e. The van der Waals surface area contributed by atoms with Gasteiger partial charge in [-0.1, -0.05) is 0 Å². The highest BCUT2D eigenvalue weighted by Crippen LogP contribution is 2.41. The normalized spacial score (nSPS) is 14.7. The van der Waals surface area contributed by atoms with Gasteiger partial charge in [0, 0.05) is 6.04 Å². The third kappa shape index (κ3) is 1.81. The first-order valence-corrected chi connectivity index (χ1v) is 6.59. The van der Waals surface area contributed by atoms with Gasteiger partial charge < -0.3 is 14.7 Å². The van der Waals surface area contributed by atoms with Crippen LogP contribution in [0.1, 0.15) is 29.4 Å². The maximum absolute atomic E-state index is 13.5. The van der Waals surface area contributed by atoms with Gasteiger partial charge in [0.25, 0.3) is 0 Å². The first-order valence-electron chi connectivity index (χ1n) is 6.59. The van der Waals surface area contributed by atoms with Crippen LogP contribution in [0.3, 0.4) is 0 Å². The second-order valence-corrected chi connectivity index (χ2v) is 5.10.